The van der Waals surface area contributed by atoms with Gasteiger partial charge in [0.05, 0.1) is 6.61 Å². The minimum Gasteiger partial charge on any atom is -0.462 e. The van der Waals surface area contributed by atoms with Crippen molar-refractivity contribution in [2.75, 3.05) is 13.2 Å². The van der Waals surface area contributed by atoms with Crippen molar-refractivity contribution < 1.29 is 24.2 Å². The summed E-state index contributed by atoms with van der Waals surface area (Å²) >= 11 is 0. The molecule has 1 unspecified atom stereocenters. The summed E-state index contributed by atoms with van der Waals surface area (Å²) in [5.41, 5.74) is 0. The first-order valence-corrected chi connectivity index (χ1v) is 33.2. The molecule has 74 heavy (non-hydrogen) atoms. The topological polar surface area (TPSA) is 72.8 Å². The maximum Gasteiger partial charge on any atom is 0.306 e. The Morgan fingerprint density at radius 3 is 0.797 bits per heavy atom. The molecule has 5 nitrogen and oxygen atoms in total. The lowest BCUT2D eigenvalue weighted by atomic mass is 10.0. The summed E-state index contributed by atoms with van der Waals surface area (Å²) < 4.78 is 10.8. The Bertz CT molecular complexity index is 1220. The van der Waals surface area contributed by atoms with Crippen LogP contribution in [0.15, 0.2) is 48.6 Å². The summed E-state index contributed by atoms with van der Waals surface area (Å²) in [5.74, 6) is -0.572. The van der Waals surface area contributed by atoms with Crippen LogP contribution in [0, 0.1) is 0 Å². The van der Waals surface area contributed by atoms with Crippen LogP contribution in [0.25, 0.3) is 0 Å². The van der Waals surface area contributed by atoms with Gasteiger partial charge in [-0.1, -0.05) is 319 Å². The number of aliphatic hydroxyl groups is 1. The number of carbonyl (C=O) groups excluding carboxylic acids is 2. The van der Waals surface area contributed by atoms with E-state index in [0.717, 1.165) is 51.4 Å². The molecule has 0 aliphatic heterocycles. The highest BCUT2D eigenvalue weighted by Crippen LogP contribution is 2.18. The van der Waals surface area contributed by atoms with Gasteiger partial charge in [0.25, 0.3) is 0 Å². The third kappa shape index (κ3) is 62.4. The van der Waals surface area contributed by atoms with Gasteiger partial charge in [-0.05, 0) is 77.0 Å². The van der Waals surface area contributed by atoms with E-state index >= 15 is 0 Å². The van der Waals surface area contributed by atoms with E-state index in [2.05, 4.69) is 62.5 Å². The molecule has 0 amide bonds. The van der Waals surface area contributed by atoms with Crippen LogP contribution in [0.4, 0.5) is 0 Å². The van der Waals surface area contributed by atoms with Gasteiger partial charge in [-0.2, -0.15) is 0 Å². The van der Waals surface area contributed by atoms with E-state index in [0.29, 0.717) is 12.8 Å². The standard InChI is InChI=1S/C69H128O5/c1-3-5-7-9-11-13-15-17-19-21-23-25-27-29-30-31-32-33-34-35-36-37-38-40-42-44-46-48-50-52-54-56-58-60-62-64-69(72)74-67(65-70)66-73-68(71)63-61-59-57-55-53-51-49-47-45-43-41-39-28-26-24-22-20-18-16-14-12-10-8-6-4-2/h15-18,21-24,67,70H,3-14,19-20,25-66H2,1-2H3/b17-15-,18-16-,23-21-,24-22-. The molecule has 5 heteroatoms. The fourth-order valence-corrected chi connectivity index (χ4v) is 10.1. The third-order valence-electron chi connectivity index (χ3n) is 15.1. The summed E-state index contributed by atoms with van der Waals surface area (Å²) in [5, 5.41) is 9.69. The van der Waals surface area contributed by atoms with E-state index in [1.165, 1.54) is 283 Å². The zero-order chi connectivity index (χ0) is 53.4. The molecule has 0 spiro atoms. The number of unbranched alkanes of at least 4 members (excludes halogenated alkanes) is 46. The molecule has 0 fully saturated rings. The highest BCUT2D eigenvalue weighted by atomic mass is 16.6. The Hall–Kier alpha value is -2.14. The van der Waals surface area contributed by atoms with Crippen LogP contribution in [0.5, 0.6) is 0 Å². The van der Waals surface area contributed by atoms with Gasteiger partial charge in [-0.15, -0.1) is 0 Å². The van der Waals surface area contributed by atoms with Crippen molar-refractivity contribution in [2.24, 2.45) is 0 Å². The Labute approximate surface area is 462 Å². The smallest absolute Gasteiger partial charge is 0.306 e. The molecule has 0 radical (unpaired) electrons. The van der Waals surface area contributed by atoms with Gasteiger partial charge in [-0.3, -0.25) is 9.59 Å². The number of hydrogen-bond acceptors (Lipinski definition) is 5. The van der Waals surface area contributed by atoms with Crippen LogP contribution < -0.4 is 0 Å². The van der Waals surface area contributed by atoms with Gasteiger partial charge in [0.15, 0.2) is 6.10 Å². The van der Waals surface area contributed by atoms with Crippen molar-refractivity contribution in [2.45, 2.75) is 367 Å². The van der Waals surface area contributed by atoms with E-state index in [-0.39, 0.29) is 25.2 Å². The van der Waals surface area contributed by atoms with Crippen LogP contribution in [-0.2, 0) is 19.1 Å². The maximum atomic E-state index is 12.3. The molecule has 0 aromatic carbocycles. The number of aliphatic hydroxyl groups excluding tert-OH is 1. The Kier molecular flexibility index (Phi) is 63.3. The summed E-state index contributed by atoms with van der Waals surface area (Å²) in [6.07, 6.45) is 87.0. The zero-order valence-electron chi connectivity index (χ0n) is 49.9. The summed E-state index contributed by atoms with van der Waals surface area (Å²) in [6, 6.07) is 0. The van der Waals surface area contributed by atoms with Gasteiger partial charge < -0.3 is 14.6 Å². The quantitative estimate of drug-likeness (QED) is 0.0373. The fourth-order valence-electron chi connectivity index (χ4n) is 10.1. The molecule has 434 valence electrons. The minimum absolute atomic E-state index is 0.0619. The van der Waals surface area contributed by atoms with Gasteiger partial charge in [0.2, 0.25) is 0 Å². The molecular formula is C69H128O5. The Balaban J connectivity index is 3.40. The van der Waals surface area contributed by atoms with Crippen LogP contribution in [0.2, 0.25) is 0 Å². The molecule has 1 atom stereocenters. The predicted molar refractivity (Wildman–Crippen MR) is 325 cm³/mol. The van der Waals surface area contributed by atoms with Crippen LogP contribution in [0.3, 0.4) is 0 Å². The lowest BCUT2D eigenvalue weighted by Gasteiger charge is -2.15. The van der Waals surface area contributed by atoms with Gasteiger partial charge in [0.1, 0.15) is 6.61 Å². The summed E-state index contributed by atoms with van der Waals surface area (Å²) in [4.78, 5) is 24.6. The second kappa shape index (κ2) is 65.1. The van der Waals surface area contributed by atoms with Crippen molar-refractivity contribution in [3.63, 3.8) is 0 Å². The van der Waals surface area contributed by atoms with Crippen molar-refractivity contribution >= 4 is 11.9 Å². The molecule has 0 aromatic heterocycles. The average Bonchev–Trinajstić information content (AvgIpc) is 3.40. The second-order valence-electron chi connectivity index (χ2n) is 22.5. The van der Waals surface area contributed by atoms with E-state index in [9.17, 15) is 14.7 Å². The van der Waals surface area contributed by atoms with Crippen molar-refractivity contribution in [1.82, 2.24) is 0 Å². The van der Waals surface area contributed by atoms with Gasteiger partial charge in [-0.25, -0.2) is 0 Å². The van der Waals surface area contributed by atoms with E-state index in [1.54, 1.807) is 0 Å². The van der Waals surface area contributed by atoms with Crippen LogP contribution in [-0.4, -0.2) is 36.4 Å². The highest BCUT2D eigenvalue weighted by Gasteiger charge is 2.16. The first-order chi connectivity index (χ1) is 36.6. The SMILES string of the molecule is CCCCCCC/C=C\C/C=C\CCCCCCCCCCCCCCCCCCCCCCCCCC(=O)OC(CO)COC(=O)CCCCCCCCCCCCCCC/C=C\C/C=C\CCCCCCC. The average molecular weight is 1040 g/mol. The monoisotopic (exact) mass is 1040 g/mol. The number of hydrogen-bond donors (Lipinski definition) is 1. The molecule has 0 heterocycles. The Morgan fingerprint density at radius 2 is 0.541 bits per heavy atom. The van der Waals surface area contributed by atoms with E-state index in [1.807, 2.05) is 0 Å². The molecule has 0 bridgehead atoms. The van der Waals surface area contributed by atoms with Gasteiger partial charge >= 0.3 is 11.9 Å². The second-order valence-corrected chi connectivity index (χ2v) is 22.5. The van der Waals surface area contributed by atoms with E-state index < -0.39 is 6.10 Å². The maximum absolute atomic E-state index is 12.3. The summed E-state index contributed by atoms with van der Waals surface area (Å²) in [6.45, 7) is 4.17. The number of ether oxygens (including phenoxy) is 2. The largest absolute Gasteiger partial charge is 0.462 e. The van der Waals surface area contributed by atoms with Crippen molar-refractivity contribution in [3.05, 3.63) is 48.6 Å². The molecule has 0 aliphatic carbocycles. The highest BCUT2D eigenvalue weighted by molar-refractivity contribution is 5.70. The zero-order valence-corrected chi connectivity index (χ0v) is 49.9. The first-order valence-electron chi connectivity index (χ1n) is 33.2. The molecule has 0 rings (SSSR count). The molecule has 0 saturated carbocycles. The molecule has 1 N–H and O–H groups in total. The Morgan fingerprint density at radius 1 is 0.311 bits per heavy atom. The minimum atomic E-state index is -0.772. The molecule has 0 saturated heterocycles. The fraction of sp³-hybridized carbons (Fsp3) is 0.855. The van der Waals surface area contributed by atoms with Gasteiger partial charge in [0, 0.05) is 12.8 Å². The number of carbonyl (C=O) groups is 2. The normalized spacial score (nSPS) is 12.4. The number of esters is 2. The number of allylic oxidation sites excluding steroid dienone is 8. The van der Waals surface area contributed by atoms with E-state index in [4.69, 9.17) is 9.47 Å². The lowest BCUT2D eigenvalue weighted by molar-refractivity contribution is -0.161. The van der Waals surface area contributed by atoms with Crippen LogP contribution in [0.1, 0.15) is 361 Å². The number of rotatable bonds is 62. The van der Waals surface area contributed by atoms with Crippen LogP contribution >= 0.6 is 0 Å². The first kappa shape index (κ1) is 71.9. The van der Waals surface area contributed by atoms with Crippen molar-refractivity contribution in [3.8, 4) is 0 Å². The predicted octanol–water partition coefficient (Wildman–Crippen LogP) is 22.8. The molecular weight excluding hydrogens is 909 g/mol. The molecule has 0 aliphatic rings. The summed E-state index contributed by atoms with van der Waals surface area (Å²) in [7, 11) is 0. The lowest BCUT2D eigenvalue weighted by Crippen LogP contribution is -2.28. The van der Waals surface area contributed by atoms with Crippen molar-refractivity contribution in [1.29, 1.82) is 0 Å². The third-order valence-corrected chi connectivity index (χ3v) is 15.1. The molecule has 0 aromatic rings.